The molecule has 1 aromatic carbocycles. The molecule has 1 N–H and O–H groups in total. The Morgan fingerprint density at radius 3 is 2.58 bits per heavy atom. The highest BCUT2D eigenvalue weighted by Crippen LogP contribution is 2.25. The minimum Gasteiger partial charge on any atom is -0.465 e. The molecule has 140 valence electrons. The van der Waals surface area contributed by atoms with Gasteiger partial charge in [-0.2, -0.15) is 4.31 Å². The third-order valence-electron chi connectivity index (χ3n) is 3.72. The Bertz CT molecular complexity index is 934. The molecule has 0 bridgehead atoms. The lowest BCUT2D eigenvalue weighted by Gasteiger charge is -2.17. The van der Waals surface area contributed by atoms with Crippen molar-refractivity contribution in [1.29, 1.82) is 0 Å². The highest BCUT2D eigenvalue weighted by atomic mass is 32.2. The first-order valence-electron chi connectivity index (χ1n) is 7.66. The Labute approximate surface area is 156 Å². The summed E-state index contributed by atoms with van der Waals surface area (Å²) in [6.45, 7) is 3.37. The van der Waals surface area contributed by atoms with Crippen molar-refractivity contribution in [3.05, 3.63) is 45.6 Å². The van der Waals surface area contributed by atoms with Gasteiger partial charge in [0, 0.05) is 12.7 Å². The fourth-order valence-corrected chi connectivity index (χ4v) is 4.69. The van der Waals surface area contributed by atoms with Crippen LogP contribution in [0.15, 0.2) is 34.5 Å². The van der Waals surface area contributed by atoms with E-state index >= 15 is 0 Å². The zero-order valence-corrected chi connectivity index (χ0v) is 16.5. The number of nitrogens with zero attached hydrogens (tertiary/aromatic N) is 1. The number of esters is 1. The average molecular weight is 396 g/mol. The number of methoxy groups -OCH3 is 1. The molecule has 0 atom stereocenters. The summed E-state index contributed by atoms with van der Waals surface area (Å²) in [6, 6.07) is 6.94. The predicted molar refractivity (Wildman–Crippen MR) is 100 cm³/mol. The predicted octanol–water partition coefficient (Wildman–Crippen LogP) is 2.41. The van der Waals surface area contributed by atoms with E-state index in [0.717, 1.165) is 26.8 Å². The summed E-state index contributed by atoms with van der Waals surface area (Å²) in [5, 5.41) is 4.20. The van der Waals surface area contributed by atoms with Crippen molar-refractivity contribution in [2.45, 2.75) is 18.7 Å². The van der Waals surface area contributed by atoms with Crippen LogP contribution in [0, 0.1) is 13.8 Å². The van der Waals surface area contributed by atoms with E-state index in [1.807, 2.05) is 32.0 Å². The van der Waals surface area contributed by atoms with Crippen LogP contribution in [0.25, 0.3) is 0 Å². The molecule has 0 aliphatic carbocycles. The third kappa shape index (κ3) is 4.29. The number of anilines is 1. The Kier molecular flexibility index (Phi) is 6.17. The van der Waals surface area contributed by atoms with Gasteiger partial charge in [0.05, 0.1) is 13.7 Å². The number of aryl methyl sites for hydroxylation is 2. The highest BCUT2D eigenvalue weighted by molar-refractivity contribution is 7.89. The van der Waals surface area contributed by atoms with Crippen molar-refractivity contribution in [2.24, 2.45) is 0 Å². The lowest BCUT2D eigenvalue weighted by atomic mass is 10.1. The second-order valence-corrected chi connectivity index (χ2v) is 8.66. The number of rotatable bonds is 6. The van der Waals surface area contributed by atoms with Crippen LogP contribution in [0.1, 0.15) is 20.8 Å². The third-order valence-corrected chi connectivity index (χ3v) is 6.59. The molecule has 1 amide bonds. The summed E-state index contributed by atoms with van der Waals surface area (Å²) in [4.78, 5) is 23.8. The fourth-order valence-electron chi connectivity index (χ4n) is 2.26. The number of hydrogen-bond donors (Lipinski definition) is 1. The maximum Gasteiger partial charge on any atom is 0.349 e. The summed E-state index contributed by atoms with van der Waals surface area (Å²) in [7, 11) is -1.54. The molecule has 1 aromatic heterocycles. The monoisotopic (exact) mass is 396 g/mol. The largest absolute Gasteiger partial charge is 0.465 e. The lowest BCUT2D eigenvalue weighted by Crippen LogP contribution is -2.35. The van der Waals surface area contributed by atoms with Crippen LogP contribution < -0.4 is 5.32 Å². The Hall–Kier alpha value is -2.23. The van der Waals surface area contributed by atoms with Crippen LogP contribution >= 0.6 is 11.3 Å². The quantitative estimate of drug-likeness (QED) is 0.757. The number of nitrogens with one attached hydrogen (secondary N) is 1. The zero-order valence-electron chi connectivity index (χ0n) is 14.9. The molecule has 0 unspecified atom stereocenters. The standard InChI is InChI=1S/C17H20N2O5S2/c1-11-5-6-12(2)13(9-11)18-15(20)10-19(3)26(22,23)14-7-8-25-16(14)17(21)24-4/h5-9H,10H2,1-4H3,(H,18,20). The molecule has 26 heavy (non-hydrogen) atoms. The lowest BCUT2D eigenvalue weighted by molar-refractivity contribution is -0.116. The summed E-state index contributed by atoms with van der Waals surface area (Å²) in [6.07, 6.45) is 0. The maximum absolute atomic E-state index is 12.7. The topological polar surface area (TPSA) is 92.8 Å². The summed E-state index contributed by atoms with van der Waals surface area (Å²) >= 11 is 0.971. The molecule has 0 radical (unpaired) electrons. The minimum absolute atomic E-state index is 0.0192. The molecule has 0 saturated carbocycles. The second-order valence-electron chi connectivity index (χ2n) is 5.73. The van der Waals surface area contributed by atoms with Gasteiger partial charge in [0.1, 0.15) is 9.77 Å². The van der Waals surface area contributed by atoms with Crippen LogP contribution in [0.2, 0.25) is 0 Å². The van der Waals surface area contributed by atoms with Gasteiger partial charge in [-0.15, -0.1) is 11.3 Å². The molecule has 0 spiro atoms. The van der Waals surface area contributed by atoms with E-state index in [1.165, 1.54) is 25.6 Å². The molecule has 9 heteroatoms. The molecule has 0 aliphatic heterocycles. The Morgan fingerprint density at radius 1 is 1.23 bits per heavy atom. The minimum atomic E-state index is -4.00. The van der Waals surface area contributed by atoms with Crippen molar-refractivity contribution >= 4 is 38.9 Å². The molecule has 2 aromatic rings. The highest BCUT2D eigenvalue weighted by Gasteiger charge is 2.29. The maximum atomic E-state index is 12.7. The van der Waals surface area contributed by atoms with Crippen molar-refractivity contribution in [3.8, 4) is 0 Å². The van der Waals surface area contributed by atoms with Gasteiger partial charge in [0.2, 0.25) is 15.9 Å². The molecular weight excluding hydrogens is 376 g/mol. The van der Waals surface area contributed by atoms with E-state index in [9.17, 15) is 18.0 Å². The molecule has 2 rings (SSSR count). The Morgan fingerprint density at radius 2 is 1.92 bits per heavy atom. The summed E-state index contributed by atoms with van der Waals surface area (Å²) in [5.41, 5.74) is 2.49. The van der Waals surface area contributed by atoms with Gasteiger partial charge < -0.3 is 10.1 Å². The van der Waals surface area contributed by atoms with Gasteiger partial charge in [0.15, 0.2) is 0 Å². The molecule has 0 aliphatic rings. The van der Waals surface area contributed by atoms with Crippen LogP contribution in [0.4, 0.5) is 5.69 Å². The summed E-state index contributed by atoms with van der Waals surface area (Å²) < 4.78 is 30.9. The van der Waals surface area contributed by atoms with Crippen molar-refractivity contribution in [1.82, 2.24) is 4.31 Å². The van der Waals surface area contributed by atoms with E-state index in [-0.39, 0.29) is 16.3 Å². The number of carbonyl (C=O) groups excluding carboxylic acids is 2. The van der Waals surface area contributed by atoms with E-state index in [1.54, 1.807) is 0 Å². The van der Waals surface area contributed by atoms with Gasteiger partial charge >= 0.3 is 5.97 Å². The van der Waals surface area contributed by atoms with Crippen molar-refractivity contribution in [3.63, 3.8) is 0 Å². The number of benzene rings is 1. The number of likely N-dealkylation sites (N-methyl/N-ethyl adjacent to an activating group) is 1. The van der Waals surface area contributed by atoms with Crippen LogP contribution in [0.5, 0.6) is 0 Å². The molecule has 0 saturated heterocycles. The van der Waals surface area contributed by atoms with Crippen LogP contribution in [0.3, 0.4) is 0 Å². The number of carbonyl (C=O) groups is 2. The molecule has 1 heterocycles. The second kappa shape index (κ2) is 7.98. The molecule has 7 nitrogen and oxygen atoms in total. The smallest absolute Gasteiger partial charge is 0.349 e. The van der Waals surface area contributed by atoms with Crippen molar-refractivity contribution in [2.75, 3.05) is 26.0 Å². The number of thiophene rings is 1. The average Bonchev–Trinajstić information content (AvgIpc) is 3.07. The molecular formula is C17H20N2O5S2. The van der Waals surface area contributed by atoms with Crippen molar-refractivity contribution < 1.29 is 22.7 Å². The SMILES string of the molecule is COC(=O)c1sccc1S(=O)(=O)N(C)CC(=O)Nc1cc(C)ccc1C. The van der Waals surface area contributed by atoms with Gasteiger partial charge in [-0.3, -0.25) is 4.79 Å². The Balaban J connectivity index is 2.17. The number of sulfonamides is 1. The van der Waals surface area contributed by atoms with E-state index in [0.29, 0.717) is 5.69 Å². The first-order chi connectivity index (χ1) is 12.2. The first kappa shape index (κ1) is 20.1. The van der Waals surface area contributed by atoms with Crippen LogP contribution in [-0.4, -0.2) is 45.3 Å². The normalized spacial score (nSPS) is 11.4. The fraction of sp³-hybridized carbons (Fsp3) is 0.294. The zero-order chi connectivity index (χ0) is 19.5. The van der Waals surface area contributed by atoms with Gasteiger partial charge in [-0.1, -0.05) is 12.1 Å². The van der Waals surface area contributed by atoms with Gasteiger partial charge in [-0.05, 0) is 42.5 Å². The first-order valence-corrected chi connectivity index (χ1v) is 9.98. The number of hydrogen-bond acceptors (Lipinski definition) is 6. The van der Waals surface area contributed by atoms with Crippen LogP contribution in [-0.2, 0) is 19.6 Å². The van der Waals surface area contributed by atoms with Gasteiger partial charge in [-0.25, -0.2) is 13.2 Å². The number of ether oxygens (including phenoxy) is 1. The van der Waals surface area contributed by atoms with E-state index in [4.69, 9.17) is 0 Å². The van der Waals surface area contributed by atoms with E-state index < -0.39 is 21.9 Å². The van der Waals surface area contributed by atoms with E-state index in [2.05, 4.69) is 10.1 Å². The van der Waals surface area contributed by atoms with Gasteiger partial charge in [0.25, 0.3) is 0 Å². The number of amides is 1. The summed E-state index contributed by atoms with van der Waals surface area (Å²) in [5.74, 6) is -1.20. The molecule has 0 fully saturated rings.